The van der Waals surface area contributed by atoms with Crippen LogP contribution in [0.1, 0.15) is 19.2 Å². The fraction of sp³-hybridized carbons (Fsp3) is 0.636. The van der Waals surface area contributed by atoms with Crippen LogP contribution < -0.4 is 0 Å². The molecule has 0 saturated carbocycles. The standard InChI is InChI=1S/C11H17N3O5S/c1-2-9-12-6-10(13-9)20(17,18)14-3-4-19-7-8(14)5-11(15)16/h6,8H,2-5,7H2,1H3,(H,12,13)(H,15,16). The number of morpholine rings is 1. The van der Waals surface area contributed by atoms with E-state index < -0.39 is 22.0 Å². The van der Waals surface area contributed by atoms with E-state index in [4.69, 9.17) is 9.84 Å². The highest BCUT2D eigenvalue weighted by Gasteiger charge is 2.36. The molecule has 1 unspecified atom stereocenters. The lowest BCUT2D eigenvalue weighted by molar-refractivity contribution is -0.139. The molecule has 1 atom stereocenters. The highest BCUT2D eigenvalue weighted by molar-refractivity contribution is 7.89. The average Bonchev–Trinajstić information content (AvgIpc) is 2.88. The molecule has 0 aliphatic carbocycles. The summed E-state index contributed by atoms with van der Waals surface area (Å²) in [6.45, 7) is 2.34. The number of nitrogens with one attached hydrogen (secondary N) is 1. The predicted octanol–water partition coefficient (Wildman–Crippen LogP) is -0.164. The third-order valence-electron chi connectivity index (χ3n) is 3.11. The molecule has 9 heteroatoms. The van der Waals surface area contributed by atoms with Gasteiger partial charge in [-0.25, -0.2) is 13.4 Å². The second-order valence-corrected chi connectivity index (χ2v) is 6.35. The summed E-state index contributed by atoms with van der Waals surface area (Å²) in [6.07, 6.45) is 1.58. The molecule has 8 nitrogen and oxygen atoms in total. The quantitative estimate of drug-likeness (QED) is 0.781. The Labute approximate surface area is 116 Å². The number of rotatable bonds is 5. The summed E-state index contributed by atoms with van der Waals surface area (Å²) in [4.78, 5) is 17.5. The van der Waals surface area contributed by atoms with Gasteiger partial charge in [0.15, 0.2) is 5.03 Å². The predicted molar refractivity (Wildman–Crippen MR) is 68.7 cm³/mol. The van der Waals surface area contributed by atoms with Gasteiger partial charge in [-0.3, -0.25) is 4.79 Å². The summed E-state index contributed by atoms with van der Waals surface area (Å²) in [5, 5.41) is 8.86. The number of H-pyrrole nitrogens is 1. The monoisotopic (exact) mass is 303 g/mol. The molecule has 1 aliphatic rings. The van der Waals surface area contributed by atoms with Crippen molar-refractivity contribution in [3.05, 3.63) is 12.0 Å². The fourth-order valence-corrected chi connectivity index (χ4v) is 3.63. The topological polar surface area (TPSA) is 113 Å². The Morgan fingerprint density at radius 1 is 1.65 bits per heavy atom. The molecular weight excluding hydrogens is 286 g/mol. The van der Waals surface area contributed by atoms with E-state index in [9.17, 15) is 13.2 Å². The van der Waals surface area contributed by atoms with Crippen molar-refractivity contribution in [1.82, 2.24) is 14.3 Å². The highest BCUT2D eigenvalue weighted by Crippen LogP contribution is 2.21. The number of carboxylic acids is 1. The molecule has 1 aromatic rings. The molecule has 112 valence electrons. The van der Waals surface area contributed by atoms with Crippen LogP contribution in [0.25, 0.3) is 0 Å². The molecule has 0 radical (unpaired) electrons. The second kappa shape index (κ2) is 5.90. The van der Waals surface area contributed by atoms with Crippen LogP contribution in [0.3, 0.4) is 0 Å². The summed E-state index contributed by atoms with van der Waals surface area (Å²) in [5.74, 6) is -0.480. The van der Waals surface area contributed by atoms with Crippen molar-refractivity contribution in [2.45, 2.75) is 30.8 Å². The van der Waals surface area contributed by atoms with Gasteiger partial charge in [-0.1, -0.05) is 6.92 Å². The number of aliphatic carboxylic acids is 1. The van der Waals surface area contributed by atoms with Gasteiger partial charge >= 0.3 is 5.97 Å². The van der Waals surface area contributed by atoms with Crippen LogP contribution in [0.2, 0.25) is 0 Å². The van der Waals surface area contributed by atoms with Gasteiger partial charge < -0.3 is 14.8 Å². The average molecular weight is 303 g/mol. The third-order valence-corrected chi connectivity index (χ3v) is 4.97. The molecule has 0 bridgehead atoms. The van der Waals surface area contributed by atoms with Crippen LogP contribution in [-0.4, -0.2) is 59.6 Å². The van der Waals surface area contributed by atoms with Gasteiger partial charge in [-0.05, 0) is 0 Å². The summed E-state index contributed by atoms with van der Waals surface area (Å²) >= 11 is 0. The lowest BCUT2D eigenvalue weighted by Gasteiger charge is -2.33. The van der Waals surface area contributed by atoms with E-state index in [2.05, 4.69) is 9.97 Å². The summed E-state index contributed by atoms with van der Waals surface area (Å²) in [6, 6.07) is -0.695. The number of sulfonamides is 1. The number of aromatic amines is 1. The maximum Gasteiger partial charge on any atom is 0.305 e. The maximum absolute atomic E-state index is 12.5. The van der Waals surface area contributed by atoms with Crippen LogP contribution in [0.4, 0.5) is 0 Å². The Hall–Kier alpha value is -1.45. The van der Waals surface area contributed by atoms with Gasteiger partial charge in [-0.15, -0.1) is 0 Å². The van der Waals surface area contributed by atoms with Crippen molar-refractivity contribution in [2.24, 2.45) is 0 Å². The Balaban J connectivity index is 2.27. The molecule has 1 aromatic heterocycles. The first-order valence-corrected chi connectivity index (χ1v) is 7.74. The van der Waals surface area contributed by atoms with Crippen LogP contribution in [0.5, 0.6) is 0 Å². The first-order chi connectivity index (χ1) is 9.45. The normalized spacial score (nSPS) is 20.9. The van der Waals surface area contributed by atoms with Gasteiger partial charge in [-0.2, -0.15) is 4.31 Å². The first kappa shape index (κ1) is 14.9. The number of ether oxygens (including phenoxy) is 1. The molecule has 1 fully saturated rings. The molecular formula is C11H17N3O5S. The number of hydrogen-bond acceptors (Lipinski definition) is 5. The van der Waals surface area contributed by atoms with Crippen LogP contribution in [0, 0.1) is 0 Å². The van der Waals surface area contributed by atoms with E-state index in [1.54, 1.807) is 0 Å². The summed E-state index contributed by atoms with van der Waals surface area (Å²) in [7, 11) is -3.77. The van der Waals surface area contributed by atoms with Gasteiger partial charge in [0, 0.05) is 13.0 Å². The van der Waals surface area contributed by atoms with E-state index in [0.717, 1.165) is 0 Å². The Bertz CT molecular complexity index is 583. The van der Waals surface area contributed by atoms with E-state index in [1.165, 1.54) is 10.5 Å². The molecule has 1 saturated heterocycles. The molecule has 2 heterocycles. The minimum atomic E-state index is -3.77. The lowest BCUT2D eigenvalue weighted by atomic mass is 10.2. The van der Waals surface area contributed by atoms with Crippen LogP contribution in [0.15, 0.2) is 11.2 Å². The largest absolute Gasteiger partial charge is 0.481 e. The lowest BCUT2D eigenvalue weighted by Crippen LogP contribution is -2.49. The van der Waals surface area contributed by atoms with Crippen molar-refractivity contribution in [1.29, 1.82) is 0 Å². The molecule has 0 spiro atoms. The Morgan fingerprint density at radius 2 is 2.40 bits per heavy atom. The number of aromatic nitrogens is 2. The highest BCUT2D eigenvalue weighted by atomic mass is 32.2. The number of carboxylic acid groups (broad SMARTS) is 1. The van der Waals surface area contributed by atoms with E-state index in [-0.39, 0.29) is 31.2 Å². The zero-order valence-electron chi connectivity index (χ0n) is 11.1. The Kier molecular flexibility index (Phi) is 4.41. The molecule has 1 aliphatic heterocycles. The number of hydrogen-bond donors (Lipinski definition) is 2. The maximum atomic E-state index is 12.5. The number of nitrogens with zero attached hydrogens (tertiary/aromatic N) is 2. The van der Waals surface area contributed by atoms with E-state index in [0.29, 0.717) is 12.2 Å². The minimum Gasteiger partial charge on any atom is -0.481 e. The van der Waals surface area contributed by atoms with Gasteiger partial charge in [0.1, 0.15) is 5.82 Å². The van der Waals surface area contributed by atoms with Gasteiger partial charge in [0.05, 0.1) is 31.9 Å². The molecule has 2 rings (SSSR count). The van der Waals surface area contributed by atoms with Gasteiger partial charge in [0.25, 0.3) is 10.0 Å². The molecule has 0 aromatic carbocycles. The van der Waals surface area contributed by atoms with E-state index in [1.807, 2.05) is 6.92 Å². The number of carbonyl (C=O) groups is 1. The zero-order valence-corrected chi connectivity index (χ0v) is 11.9. The molecule has 20 heavy (non-hydrogen) atoms. The van der Waals surface area contributed by atoms with Crippen molar-refractivity contribution < 1.29 is 23.1 Å². The SMILES string of the molecule is CCc1ncc(S(=O)(=O)N2CCOCC2CC(=O)O)[nH]1. The molecule has 2 N–H and O–H groups in total. The fourth-order valence-electron chi connectivity index (χ4n) is 2.10. The van der Waals surface area contributed by atoms with Gasteiger partial charge in [0.2, 0.25) is 0 Å². The summed E-state index contributed by atoms with van der Waals surface area (Å²) in [5.41, 5.74) is 0. The van der Waals surface area contributed by atoms with E-state index >= 15 is 0 Å². The van der Waals surface area contributed by atoms with Crippen molar-refractivity contribution in [2.75, 3.05) is 19.8 Å². The van der Waals surface area contributed by atoms with Crippen molar-refractivity contribution >= 4 is 16.0 Å². The minimum absolute atomic E-state index is 0.00774. The number of aryl methyl sites for hydroxylation is 1. The third kappa shape index (κ3) is 3.00. The number of imidazole rings is 1. The molecule has 0 amide bonds. The zero-order chi connectivity index (χ0) is 14.8. The van der Waals surface area contributed by atoms with Crippen molar-refractivity contribution in [3.8, 4) is 0 Å². The van der Waals surface area contributed by atoms with Crippen molar-refractivity contribution in [3.63, 3.8) is 0 Å². The van der Waals surface area contributed by atoms with Crippen LogP contribution in [-0.2, 0) is 26.0 Å². The summed E-state index contributed by atoms with van der Waals surface area (Å²) < 4.78 is 31.4. The smallest absolute Gasteiger partial charge is 0.305 e. The second-order valence-electron chi connectivity index (χ2n) is 4.49. The van der Waals surface area contributed by atoms with Crippen LogP contribution >= 0.6 is 0 Å². The first-order valence-electron chi connectivity index (χ1n) is 6.30. The Morgan fingerprint density at radius 3 is 3.00 bits per heavy atom.